The average molecular weight is 399 g/mol. The topological polar surface area (TPSA) is 102 Å². The van der Waals surface area contributed by atoms with Crippen molar-refractivity contribution < 1.29 is 14.1 Å². The van der Waals surface area contributed by atoms with E-state index in [1.54, 1.807) is 30.8 Å². The first kappa shape index (κ1) is 19.7. The maximum atomic E-state index is 12.3. The second-order valence-corrected chi connectivity index (χ2v) is 7.50. The first-order valence-corrected chi connectivity index (χ1v) is 9.77. The molecule has 0 aliphatic carbocycles. The lowest BCUT2D eigenvalue weighted by atomic mass is 10.2. The molecular weight excluding hydrogens is 378 g/mol. The van der Waals surface area contributed by atoms with Crippen LogP contribution in [-0.4, -0.2) is 37.8 Å². The Balaban J connectivity index is 1.51. The van der Waals surface area contributed by atoms with Crippen LogP contribution in [-0.2, 0) is 16.1 Å². The van der Waals surface area contributed by atoms with E-state index in [2.05, 4.69) is 20.9 Å². The Morgan fingerprint density at radius 2 is 2.07 bits per heavy atom. The molecule has 8 nitrogen and oxygen atoms in total. The van der Waals surface area contributed by atoms with E-state index in [-0.39, 0.29) is 17.6 Å². The zero-order chi connectivity index (χ0) is 19.9. The third kappa shape index (κ3) is 5.46. The van der Waals surface area contributed by atoms with E-state index < -0.39 is 5.25 Å². The van der Waals surface area contributed by atoms with Crippen LogP contribution in [0.2, 0.25) is 0 Å². The van der Waals surface area contributed by atoms with Gasteiger partial charge >= 0.3 is 0 Å². The number of rotatable bonds is 8. The predicted octanol–water partition coefficient (Wildman–Crippen LogP) is 2.93. The van der Waals surface area contributed by atoms with Crippen LogP contribution in [0.4, 0.5) is 11.5 Å². The zero-order valence-corrected chi connectivity index (χ0v) is 16.4. The van der Waals surface area contributed by atoms with Crippen LogP contribution in [0.5, 0.6) is 0 Å². The van der Waals surface area contributed by atoms with E-state index in [1.807, 2.05) is 36.5 Å². The van der Waals surface area contributed by atoms with Crippen molar-refractivity contribution in [1.29, 1.82) is 0 Å². The maximum absolute atomic E-state index is 12.3. The summed E-state index contributed by atoms with van der Waals surface area (Å²) in [7, 11) is 0. The average Bonchev–Trinajstić information content (AvgIpc) is 3.33. The summed E-state index contributed by atoms with van der Waals surface area (Å²) in [6, 6.07) is 11.1. The fourth-order valence-corrected chi connectivity index (χ4v) is 3.15. The molecule has 2 N–H and O–H groups in total. The zero-order valence-electron chi connectivity index (χ0n) is 15.6. The Morgan fingerprint density at radius 1 is 1.25 bits per heavy atom. The maximum Gasteiger partial charge on any atom is 0.238 e. The van der Waals surface area contributed by atoms with E-state index in [1.165, 1.54) is 11.8 Å². The van der Waals surface area contributed by atoms with Crippen LogP contribution in [0.3, 0.4) is 0 Å². The second-order valence-electron chi connectivity index (χ2n) is 6.17. The molecule has 2 aromatic heterocycles. The van der Waals surface area contributed by atoms with E-state index in [9.17, 15) is 9.59 Å². The molecule has 28 heavy (non-hydrogen) atoms. The smallest absolute Gasteiger partial charge is 0.238 e. The van der Waals surface area contributed by atoms with Gasteiger partial charge in [-0.1, -0.05) is 23.4 Å². The van der Waals surface area contributed by atoms with Crippen molar-refractivity contribution in [3.05, 3.63) is 60.1 Å². The van der Waals surface area contributed by atoms with Crippen LogP contribution in [0, 0.1) is 6.92 Å². The lowest BCUT2D eigenvalue weighted by Gasteiger charge is -2.13. The molecule has 9 heteroatoms. The van der Waals surface area contributed by atoms with Gasteiger partial charge in [0, 0.05) is 24.1 Å². The number of nitrogens with one attached hydrogen (secondary N) is 2. The molecule has 3 rings (SSSR count). The van der Waals surface area contributed by atoms with Gasteiger partial charge in [0.1, 0.15) is 5.76 Å². The molecule has 146 valence electrons. The highest BCUT2D eigenvalue weighted by Gasteiger charge is 2.17. The first-order valence-electron chi connectivity index (χ1n) is 8.72. The number of thioether (sulfide) groups is 1. The van der Waals surface area contributed by atoms with Gasteiger partial charge in [-0.25, -0.2) is 0 Å². The van der Waals surface area contributed by atoms with Crippen molar-refractivity contribution in [2.75, 3.05) is 16.4 Å². The molecule has 3 aromatic rings. The quantitative estimate of drug-likeness (QED) is 0.604. The van der Waals surface area contributed by atoms with Gasteiger partial charge in [-0.2, -0.15) is 5.10 Å². The fourth-order valence-electron chi connectivity index (χ4n) is 2.46. The molecule has 0 saturated heterocycles. The minimum absolute atomic E-state index is 0.155. The highest BCUT2D eigenvalue weighted by molar-refractivity contribution is 8.01. The normalized spacial score (nSPS) is 11.8. The van der Waals surface area contributed by atoms with Crippen molar-refractivity contribution in [1.82, 2.24) is 14.9 Å². The molecule has 0 aliphatic rings. The van der Waals surface area contributed by atoms with Gasteiger partial charge in [0.15, 0.2) is 5.82 Å². The highest BCUT2D eigenvalue weighted by Crippen LogP contribution is 2.18. The molecule has 2 amide bonds. The number of aryl methyl sites for hydroxylation is 1. The number of hydrogen-bond donors (Lipinski definition) is 2. The Kier molecular flexibility index (Phi) is 6.49. The minimum Gasteiger partial charge on any atom is -0.360 e. The third-order valence-electron chi connectivity index (χ3n) is 3.90. The van der Waals surface area contributed by atoms with Crippen molar-refractivity contribution >= 4 is 35.1 Å². The standard InChI is InChI=1S/C19H21N5O3S/c1-13-10-17(23-27-13)22-19(26)14(2)28-12-18(25)21-16-7-4-3-6-15(16)11-24-9-5-8-20-24/h3-10,14H,11-12H2,1-2H3,(H,21,25)(H,22,23,26). The van der Waals surface area contributed by atoms with Crippen molar-refractivity contribution in [2.45, 2.75) is 25.6 Å². The Bertz CT molecular complexity index is 939. The van der Waals surface area contributed by atoms with E-state index >= 15 is 0 Å². The second kappa shape index (κ2) is 9.23. The number of amides is 2. The number of para-hydroxylation sites is 1. The molecule has 0 fully saturated rings. The molecule has 0 aliphatic heterocycles. The number of hydrogen-bond acceptors (Lipinski definition) is 6. The lowest BCUT2D eigenvalue weighted by molar-refractivity contribution is -0.115. The van der Waals surface area contributed by atoms with Crippen LogP contribution < -0.4 is 10.6 Å². The molecule has 2 heterocycles. The van der Waals surface area contributed by atoms with Gasteiger partial charge in [0.05, 0.1) is 17.5 Å². The SMILES string of the molecule is Cc1cc(NC(=O)C(C)SCC(=O)Nc2ccccc2Cn2cccn2)no1. The molecular formula is C19H21N5O3S. The molecule has 0 radical (unpaired) electrons. The first-order chi connectivity index (χ1) is 13.5. The Labute approximate surface area is 166 Å². The van der Waals surface area contributed by atoms with Gasteiger partial charge in [-0.15, -0.1) is 11.8 Å². The van der Waals surface area contributed by atoms with Crippen LogP contribution in [0.15, 0.2) is 53.3 Å². The molecule has 1 unspecified atom stereocenters. The summed E-state index contributed by atoms with van der Waals surface area (Å²) in [5.74, 6) is 0.735. The van der Waals surface area contributed by atoms with Gasteiger partial charge in [-0.3, -0.25) is 14.3 Å². The Morgan fingerprint density at radius 3 is 2.79 bits per heavy atom. The monoisotopic (exact) mass is 399 g/mol. The number of carbonyl (C=O) groups excluding carboxylic acids is 2. The fraction of sp³-hybridized carbons (Fsp3) is 0.263. The molecule has 1 aromatic carbocycles. The molecule has 0 bridgehead atoms. The molecule has 0 spiro atoms. The lowest BCUT2D eigenvalue weighted by Crippen LogP contribution is -2.25. The van der Waals surface area contributed by atoms with Gasteiger partial charge < -0.3 is 15.2 Å². The van der Waals surface area contributed by atoms with E-state index in [0.717, 1.165) is 11.3 Å². The molecule has 0 saturated carbocycles. The van der Waals surface area contributed by atoms with Crippen LogP contribution in [0.25, 0.3) is 0 Å². The summed E-state index contributed by atoms with van der Waals surface area (Å²) in [6.45, 7) is 4.05. The summed E-state index contributed by atoms with van der Waals surface area (Å²) in [4.78, 5) is 24.5. The number of carbonyl (C=O) groups is 2. The van der Waals surface area contributed by atoms with Gasteiger partial charge in [-0.05, 0) is 31.5 Å². The van der Waals surface area contributed by atoms with E-state index in [0.29, 0.717) is 18.1 Å². The summed E-state index contributed by atoms with van der Waals surface area (Å²) in [5, 5.41) is 13.1. The number of anilines is 2. The summed E-state index contributed by atoms with van der Waals surface area (Å²) in [6.07, 6.45) is 3.58. The Hall–Kier alpha value is -3.07. The number of aromatic nitrogens is 3. The van der Waals surface area contributed by atoms with Gasteiger partial charge in [0.2, 0.25) is 11.8 Å². The third-order valence-corrected chi connectivity index (χ3v) is 5.04. The highest BCUT2D eigenvalue weighted by atomic mass is 32.2. The van der Waals surface area contributed by atoms with Crippen molar-refractivity contribution in [3.8, 4) is 0 Å². The van der Waals surface area contributed by atoms with Crippen molar-refractivity contribution in [3.63, 3.8) is 0 Å². The predicted molar refractivity (Wildman–Crippen MR) is 108 cm³/mol. The number of benzene rings is 1. The van der Waals surface area contributed by atoms with Crippen molar-refractivity contribution in [2.24, 2.45) is 0 Å². The molecule has 1 atom stereocenters. The van der Waals surface area contributed by atoms with Crippen LogP contribution >= 0.6 is 11.8 Å². The minimum atomic E-state index is -0.415. The summed E-state index contributed by atoms with van der Waals surface area (Å²) in [5.41, 5.74) is 1.69. The summed E-state index contributed by atoms with van der Waals surface area (Å²) < 4.78 is 6.71. The van der Waals surface area contributed by atoms with Gasteiger partial charge in [0.25, 0.3) is 0 Å². The number of nitrogens with zero attached hydrogens (tertiary/aromatic N) is 3. The largest absolute Gasteiger partial charge is 0.360 e. The van der Waals surface area contributed by atoms with E-state index in [4.69, 9.17) is 4.52 Å². The summed E-state index contributed by atoms with van der Waals surface area (Å²) >= 11 is 1.25. The van der Waals surface area contributed by atoms with Crippen LogP contribution in [0.1, 0.15) is 18.2 Å².